The third-order valence-electron chi connectivity index (χ3n) is 4.46. The molecule has 0 aliphatic rings. The Bertz CT molecular complexity index is 1010. The first-order valence-electron chi connectivity index (χ1n) is 9.43. The Morgan fingerprint density at radius 1 is 0.828 bits per heavy atom. The van der Waals surface area contributed by atoms with E-state index in [1.165, 1.54) is 0 Å². The van der Waals surface area contributed by atoms with Gasteiger partial charge in [-0.15, -0.1) is 0 Å². The van der Waals surface area contributed by atoms with Gasteiger partial charge in [0, 0.05) is 16.9 Å². The summed E-state index contributed by atoms with van der Waals surface area (Å²) in [7, 11) is 0. The monoisotopic (exact) mass is 388 g/mol. The number of carbonyl (C=O) groups is 2. The first-order chi connectivity index (χ1) is 13.9. The first-order valence-corrected chi connectivity index (χ1v) is 9.43. The molecule has 3 aromatic rings. The maximum atomic E-state index is 12.4. The smallest absolute Gasteiger partial charge is 0.265 e. The number of hydrogen-bond acceptors (Lipinski definition) is 3. The highest BCUT2D eigenvalue weighted by Gasteiger charge is 2.16. The van der Waals surface area contributed by atoms with Crippen molar-refractivity contribution in [3.63, 3.8) is 0 Å². The molecule has 5 nitrogen and oxygen atoms in total. The van der Waals surface area contributed by atoms with Crippen molar-refractivity contribution in [1.29, 1.82) is 0 Å². The minimum Gasteiger partial charge on any atom is -0.481 e. The van der Waals surface area contributed by atoms with Crippen LogP contribution in [0.3, 0.4) is 0 Å². The van der Waals surface area contributed by atoms with Crippen molar-refractivity contribution in [2.45, 2.75) is 26.9 Å². The Labute approximate surface area is 170 Å². The van der Waals surface area contributed by atoms with Crippen LogP contribution in [-0.4, -0.2) is 17.9 Å². The second kappa shape index (κ2) is 9.06. The number of anilines is 2. The minimum atomic E-state index is -0.642. The van der Waals surface area contributed by atoms with Crippen LogP contribution in [0.15, 0.2) is 72.8 Å². The van der Waals surface area contributed by atoms with Gasteiger partial charge in [0.2, 0.25) is 0 Å². The molecule has 0 spiro atoms. The van der Waals surface area contributed by atoms with Gasteiger partial charge in [-0.25, -0.2) is 0 Å². The number of aryl methyl sites for hydroxylation is 2. The molecule has 0 aliphatic heterocycles. The van der Waals surface area contributed by atoms with Crippen molar-refractivity contribution >= 4 is 23.2 Å². The summed E-state index contributed by atoms with van der Waals surface area (Å²) < 4.78 is 5.75. The highest BCUT2D eigenvalue weighted by Crippen LogP contribution is 2.19. The molecule has 0 saturated heterocycles. The van der Waals surface area contributed by atoms with Crippen molar-refractivity contribution in [3.8, 4) is 5.75 Å². The molecule has 148 valence electrons. The Hall–Kier alpha value is -3.60. The molecule has 0 unspecified atom stereocenters. The van der Waals surface area contributed by atoms with E-state index in [1.54, 1.807) is 37.3 Å². The van der Waals surface area contributed by atoms with Gasteiger partial charge in [-0.2, -0.15) is 0 Å². The Morgan fingerprint density at radius 3 is 2.14 bits per heavy atom. The zero-order valence-electron chi connectivity index (χ0n) is 16.7. The van der Waals surface area contributed by atoms with Crippen molar-refractivity contribution in [3.05, 3.63) is 89.5 Å². The summed E-state index contributed by atoms with van der Waals surface area (Å²) in [5.74, 6) is 0.264. The van der Waals surface area contributed by atoms with E-state index in [9.17, 15) is 9.59 Å². The predicted molar refractivity (Wildman–Crippen MR) is 115 cm³/mol. The quantitative estimate of drug-likeness (QED) is 0.627. The molecular weight excluding hydrogens is 364 g/mol. The van der Waals surface area contributed by atoms with Crippen LogP contribution in [0.25, 0.3) is 0 Å². The molecular formula is C24H24N2O3. The molecule has 0 fully saturated rings. The number of hydrogen-bond donors (Lipinski definition) is 2. The van der Waals surface area contributed by atoms with Gasteiger partial charge in [-0.05, 0) is 68.8 Å². The lowest BCUT2D eigenvalue weighted by Crippen LogP contribution is -2.30. The van der Waals surface area contributed by atoms with Gasteiger partial charge in [0.15, 0.2) is 6.10 Å². The van der Waals surface area contributed by atoms with E-state index in [0.29, 0.717) is 22.7 Å². The molecule has 2 amide bonds. The second-order valence-corrected chi connectivity index (χ2v) is 6.92. The fourth-order valence-corrected chi connectivity index (χ4v) is 2.80. The molecule has 5 heteroatoms. The van der Waals surface area contributed by atoms with Gasteiger partial charge in [0.1, 0.15) is 5.75 Å². The third kappa shape index (κ3) is 5.45. The van der Waals surface area contributed by atoms with Crippen LogP contribution < -0.4 is 15.4 Å². The lowest BCUT2D eigenvalue weighted by atomic mass is 10.1. The normalized spacial score (nSPS) is 11.4. The number of carbonyl (C=O) groups excluding carboxylic acids is 2. The SMILES string of the molecule is Cc1cccc(C(=O)Nc2ccc(NC(=O)[C@@H](C)Oc3ccccc3C)cc2)c1. The molecule has 3 rings (SSSR count). The molecule has 0 heterocycles. The fraction of sp³-hybridized carbons (Fsp3) is 0.167. The van der Waals surface area contributed by atoms with Crippen LogP contribution in [0.4, 0.5) is 11.4 Å². The van der Waals surface area contributed by atoms with Crippen molar-refractivity contribution in [2.24, 2.45) is 0 Å². The molecule has 2 N–H and O–H groups in total. The third-order valence-corrected chi connectivity index (χ3v) is 4.46. The van der Waals surface area contributed by atoms with E-state index < -0.39 is 6.10 Å². The summed E-state index contributed by atoms with van der Waals surface area (Å²) in [6.07, 6.45) is -0.642. The zero-order valence-corrected chi connectivity index (χ0v) is 16.7. The number of para-hydroxylation sites is 1. The number of amides is 2. The lowest BCUT2D eigenvalue weighted by molar-refractivity contribution is -0.122. The van der Waals surface area contributed by atoms with E-state index in [1.807, 2.05) is 56.3 Å². The van der Waals surface area contributed by atoms with Gasteiger partial charge < -0.3 is 15.4 Å². The predicted octanol–water partition coefficient (Wildman–Crippen LogP) is 4.96. The number of nitrogens with one attached hydrogen (secondary N) is 2. The van der Waals surface area contributed by atoms with Gasteiger partial charge in [-0.1, -0.05) is 35.9 Å². The Morgan fingerprint density at radius 2 is 1.48 bits per heavy atom. The topological polar surface area (TPSA) is 67.4 Å². The molecule has 0 radical (unpaired) electrons. The zero-order chi connectivity index (χ0) is 20.8. The highest BCUT2D eigenvalue weighted by atomic mass is 16.5. The molecule has 1 atom stereocenters. The van der Waals surface area contributed by atoms with Gasteiger partial charge in [-0.3, -0.25) is 9.59 Å². The number of benzene rings is 3. The van der Waals surface area contributed by atoms with Gasteiger partial charge in [0.25, 0.3) is 11.8 Å². The van der Waals surface area contributed by atoms with E-state index in [0.717, 1.165) is 11.1 Å². The average molecular weight is 388 g/mol. The fourth-order valence-electron chi connectivity index (χ4n) is 2.80. The van der Waals surface area contributed by atoms with Gasteiger partial charge in [0.05, 0.1) is 0 Å². The van der Waals surface area contributed by atoms with Crippen LogP contribution >= 0.6 is 0 Å². The Balaban J connectivity index is 1.57. The van der Waals surface area contributed by atoms with Crippen molar-refractivity contribution in [1.82, 2.24) is 0 Å². The van der Waals surface area contributed by atoms with Crippen molar-refractivity contribution in [2.75, 3.05) is 10.6 Å². The molecule has 0 aromatic heterocycles. The van der Waals surface area contributed by atoms with E-state index in [4.69, 9.17) is 4.74 Å². The van der Waals surface area contributed by atoms with E-state index >= 15 is 0 Å². The largest absolute Gasteiger partial charge is 0.481 e. The molecule has 0 bridgehead atoms. The van der Waals surface area contributed by atoms with Crippen LogP contribution in [-0.2, 0) is 4.79 Å². The maximum Gasteiger partial charge on any atom is 0.265 e. The van der Waals surface area contributed by atoms with Crippen LogP contribution in [0, 0.1) is 13.8 Å². The summed E-state index contributed by atoms with van der Waals surface area (Å²) in [6.45, 7) is 5.58. The highest BCUT2D eigenvalue weighted by molar-refractivity contribution is 6.04. The van der Waals surface area contributed by atoms with Crippen LogP contribution in [0.2, 0.25) is 0 Å². The molecule has 3 aromatic carbocycles. The minimum absolute atomic E-state index is 0.175. The van der Waals surface area contributed by atoms with Crippen LogP contribution in [0.5, 0.6) is 5.75 Å². The lowest BCUT2D eigenvalue weighted by Gasteiger charge is -2.16. The average Bonchev–Trinajstić information content (AvgIpc) is 2.71. The standard InChI is InChI=1S/C24H24N2O3/c1-16-7-6-9-19(15-16)24(28)26-21-13-11-20(12-14-21)25-23(27)18(3)29-22-10-5-4-8-17(22)2/h4-15,18H,1-3H3,(H,25,27)(H,26,28)/t18-/m1/s1. The Kier molecular flexibility index (Phi) is 6.29. The molecule has 0 saturated carbocycles. The number of rotatable bonds is 6. The summed E-state index contributed by atoms with van der Waals surface area (Å²) in [4.78, 5) is 24.7. The maximum absolute atomic E-state index is 12.4. The summed E-state index contributed by atoms with van der Waals surface area (Å²) in [5.41, 5.74) is 3.88. The van der Waals surface area contributed by atoms with Crippen LogP contribution in [0.1, 0.15) is 28.4 Å². The summed E-state index contributed by atoms with van der Waals surface area (Å²) >= 11 is 0. The molecule has 29 heavy (non-hydrogen) atoms. The summed E-state index contributed by atoms with van der Waals surface area (Å²) in [5, 5.41) is 5.68. The van der Waals surface area contributed by atoms with E-state index in [2.05, 4.69) is 10.6 Å². The van der Waals surface area contributed by atoms with Gasteiger partial charge >= 0.3 is 0 Å². The van der Waals surface area contributed by atoms with Crippen molar-refractivity contribution < 1.29 is 14.3 Å². The first kappa shape index (κ1) is 20.1. The van der Waals surface area contributed by atoms with E-state index in [-0.39, 0.29) is 11.8 Å². The second-order valence-electron chi connectivity index (χ2n) is 6.92. The summed E-state index contributed by atoms with van der Waals surface area (Å²) in [6, 6.07) is 21.9. The molecule has 0 aliphatic carbocycles. The number of ether oxygens (including phenoxy) is 1.